The lowest BCUT2D eigenvalue weighted by molar-refractivity contribution is -0.281. The highest BCUT2D eigenvalue weighted by atomic mass is 31.3. The van der Waals surface area contributed by atoms with Gasteiger partial charge in [0.2, 0.25) is 0 Å². The van der Waals surface area contributed by atoms with Crippen LogP contribution in [0.2, 0.25) is 0 Å². The van der Waals surface area contributed by atoms with Crippen LogP contribution in [0, 0.1) is 0 Å². The Kier molecular flexibility index (Phi) is 25.0. The average molecular weight is 765 g/mol. The van der Waals surface area contributed by atoms with Crippen molar-refractivity contribution in [3.63, 3.8) is 0 Å². The van der Waals surface area contributed by atoms with Gasteiger partial charge in [-0.2, -0.15) is 8.62 Å². The number of aliphatic hydroxyl groups is 1. The van der Waals surface area contributed by atoms with E-state index in [0.29, 0.717) is 38.5 Å². The second kappa shape index (κ2) is 25.0. The number of carbonyl (C=O) groups is 1. The third-order valence-corrected chi connectivity index (χ3v) is 12.4. The highest BCUT2D eigenvalue weighted by molar-refractivity contribution is 7.62. The topological polar surface area (TPSA) is 240 Å². The first-order valence-electron chi connectivity index (χ1n) is 16.2. The van der Waals surface area contributed by atoms with Crippen LogP contribution in [-0.4, -0.2) is 58.4 Å². The van der Waals surface area contributed by atoms with Gasteiger partial charge in [0.15, 0.2) is 0 Å². The van der Waals surface area contributed by atoms with Crippen molar-refractivity contribution in [1.82, 2.24) is 0 Å². The zero-order valence-corrected chi connectivity index (χ0v) is 31.6. The number of phosphoric acid groups is 4. The first-order valence-corrected chi connectivity index (χ1v) is 22.2. The summed E-state index contributed by atoms with van der Waals surface area (Å²) < 4.78 is 90.0. The van der Waals surface area contributed by atoms with Crippen molar-refractivity contribution in [1.29, 1.82) is 0 Å². The molecule has 17 nitrogen and oxygen atoms in total. The molecule has 0 aliphatic rings. The number of carboxylic acid groups (broad SMARTS) is 1. The number of rotatable bonds is 33. The predicted octanol–water partition coefficient (Wildman–Crippen LogP) is 8.59. The summed E-state index contributed by atoms with van der Waals surface area (Å²) in [6, 6.07) is 0. The largest absolute Gasteiger partial charge is 0.488 e. The molecule has 0 aromatic rings. The molecule has 0 aromatic carbocycles. The molecule has 0 saturated carbocycles. The standard InChI is InChI=1S/C26H56O17P4/c1-5-9-13-15-17-19-23-36-44(30,31)42-46(34,38-21-11-7-3)40-26(29,25(27)28)41-47(35,39-22-12-8-4)43-45(32,33)37-24-20-18-16-14-10-6-2/h29H,5-24H2,1-4H3,(H,27,28)(H,30,31)(H,32,33). The molecule has 0 aliphatic heterocycles. The molecule has 0 rings (SSSR count). The molecule has 47 heavy (non-hydrogen) atoms. The number of carboxylic acids is 1. The van der Waals surface area contributed by atoms with Crippen molar-refractivity contribution in [2.24, 2.45) is 0 Å². The Labute approximate surface area is 278 Å². The fourth-order valence-electron chi connectivity index (χ4n) is 3.60. The SMILES string of the molecule is CCCCCCCCOP(=O)(O)OP(=O)(OCCCC)OC(O)(OP(=O)(OCCCC)OP(=O)(O)OCCCCCCCC)C(=O)O. The van der Waals surface area contributed by atoms with E-state index >= 15 is 0 Å². The molecule has 0 aromatic heterocycles. The van der Waals surface area contributed by atoms with Crippen LogP contribution < -0.4 is 0 Å². The van der Waals surface area contributed by atoms with E-state index in [4.69, 9.17) is 18.1 Å². The summed E-state index contributed by atoms with van der Waals surface area (Å²) in [7, 11) is -21.8. The van der Waals surface area contributed by atoms with Gasteiger partial charge in [-0.1, -0.05) is 105 Å². The minimum Gasteiger partial charge on any atom is -0.475 e. The molecule has 0 saturated heterocycles. The highest BCUT2D eigenvalue weighted by Gasteiger charge is 2.57. The molecular formula is C26H56O17P4. The fraction of sp³-hybridized carbons (Fsp3) is 0.962. The number of phosphoric ester groups is 4. The van der Waals surface area contributed by atoms with E-state index in [1.165, 1.54) is 0 Å². The van der Waals surface area contributed by atoms with Crippen molar-refractivity contribution in [2.45, 2.75) is 136 Å². The smallest absolute Gasteiger partial charge is 0.475 e. The van der Waals surface area contributed by atoms with Crippen molar-refractivity contribution in [2.75, 3.05) is 26.4 Å². The zero-order valence-electron chi connectivity index (χ0n) is 28.0. The van der Waals surface area contributed by atoms with E-state index < -0.39 is 56.4 Å². The fourth-order valence-corrected chi connectivity index (χ4v) is 9.07. The molecule has 0 spiro atoms. The number of aliphatic carboxylic acids is 1. The summed E-state index contributed by atoms with van der Waals surface area (Å²) >= 11 is 0. The van der Waals surface area contributed by atoms with Gasteiger partial charge in [-0.25, -0.2) is 32.1 Å². The third kappa shape index (κ3) is 23.1. The Hall–Kier alpha value is -0.0500. The van der Waals surface area contributed by atoms with Gasteiger partial charge in [0.25, 0.3) is 0 Å². The van der Waals surface area contributed by atoms with Crippen LogP contribution in [0.25, 0.3) is 0 Å². The van der Waals surface area contributed by atoms with Crippen LogP contribution in [0.4, 0.5) is 0 Å². The zero-order chi connectivity index (χ0) is 35.9. The molecule has 0 bridgehead atoms. The summed E-state index contributed by atoms with van der Waals surface area (Å²) in [5, 5.41) is 20.5. The maximum Gasteiger partial charge on any atom is 0.488 e. The molecule has 4 unspecified atom stereocenters. The molecule has 21 heteroatoms. The van der Waals surface area contributed by atoms with Crippen molar-refractivity contribution in [3.8, 4) is 0 Å². The number of unbranched alkanes of at least 4 members (excludes halogenated alkanes) is 12. The lowest BCUT2D eigenvalue weighted by Gasteiger charge is -2.30. The molecule has 0 heterocycles. The molecule has 4 N–H and O–H groups in total. The molecule has 0 radical (unpaired) electrons. The van der Waals surface area contributed by atoms with Crippen molar-refractivity contribution in [3.05, 3.63) is 0 Å². The van der Waals surface area contributed by atoms with Crippen molar-refractivity contribution < 1.29 is 78.8 Å². The van der Waals surface area contributed by atoms with E-state index in [-0.39, 0.29) is 26.1 Å². The van der Waals surface area contributed by atoms with E-state index in [9.17, 15) is 43.1 Å². The Bertz CT molecular complexity index is 973. The van der Waals surface area contributed by atoms with Crippen LogP contribution in [0.3, 0.4) is 0 Å². The lowest BCUT2D eigenvalue weighted by atomic mass is 10.1. The number of hydrogen-bond acceptors (Lipinski definition) is 14. The van der Waals surface area contributed by atoms with E-state index in [1.54, 1.807) is 13.8 Å². The monoisotopic (exact) mass is 764 g/mol. The summed E-state index contributed by atoms with van der Waals surface area (Å²) in [4.78, 5) is 32.5. The van der Waals surface area contributed by atoms with Gasteiger partial charge in [0.05, 0.1) is 26.4 Å². The van der Waals surface area contributed by atoms with E-state index in [1.807, 2.05) is 13.8 Å². The minimum absolute atomic E-state index is 0.169. The van der Waals surface area contributed by atoms with Crippen molar-refractivity contribution >= 4 is 37.3 Å². The normalized spacial score (nSPS) is 18.4. The summed E-state index contributed by atoms with van der Waals surface area (Å²) in [5.41, 5.74) is 0. The molecule has 0 aliphatic carbocycles. The number of hydrogen-bond donors (Lipinski definition) is 4. The van der Waals surface area contributed by atoms with Crippen LogP contribution in [0.1, 0.15) is 130 Å². The Morgan fingerprint density at radius 3 is 1.13 bits per heavy atom. The second-order valence-electron chi connectivity index (χ2n) is 10.6. The van der Waals surface area contributed by atoms with Crippen LogP contribution in [0.15, 0.2) is 0 Å². The average Bonchev–Trinajstić information content (AvgIpc) is 2.95. The first-order chi connectivity index (χ1) is 22.0. The van der Waals surface area contributed by atoms with Gasteiger partial charge in [-0.15, -0.1) is 0 Å². The van der Waals surface area contributed by atoms with Gasteiger partial charge >= 0.3 is 43.2 Å². The predicted molar refractivity (Wildman–Crippen MR) is 172 cm³/mol. The van der Waals surface area contributed by atoms with Crippen LogP contribution in [-0.2, 0) is 58.8 Å². The van der Waals surface area contributed by atoms with E-state index in [0.717, 1.165) is 51.4 Å². The van der Waals surface area contributed by atoms with Crippen LogP contribution >= 0.6 is 31.3 Å². The van der Waals surface area contributed by atoms with Crippen LogP contribution in [0.5, 0.6) is 0 Å². The molecule has 0 fully saturated rings. The molecule has 282 valence electrons. The highest BCUT2D eigenvalue weighted by Crippen LogP contribution is 2.69. The van der Waals surface area contributed by atoms with Gasteiger partial charge < -0.3 is 20.0 Å². The maximum absolute atomic E-state index is 13.4. The maximum atomic E-state index is 13.4. The molecular weight excluding hydrogens is 708 g/mol. The Morgan fingerprint density at radius 1 is 0.511 bits per heavy atom. The van der Waals surface area contributed by atoms with Gasteiger partial charge in [-0.05, 0) is 25.7 Å². The molecule has 4 atom stereocenters. The minimum atomic E-state index is -5.61. The second-order valence-corrected chi connectivity index (χ2v) is 17.0. The summed E-state index contributed by atoms with van der Waals surface area (Å²) in [6.07, 6.45) is 10.9. The molecule has 0 amide bonds. The van der Waals surface area contributed by atoms with Gasteiger partial charge in [-0.3, -0.25) is 18.1 Å². The van der Waals surface area contributed by atoms with Gasteiger partial charge in [0, 0.05) is 0 Å². The summed E-state index contributed by atoms with van der Waals surface area (Å²) in [6.45, 7) is 5.91. The van der Waals surface area contributed by atoms with Gasteiger partial charge in [0.1, 0.15) is 0 Å². The van der Waals surface area contributed by atoms with E-state index in [2.05, 4.69) is 17.7 Å². The first kappa shape index (κ1) is 47.0. The Balaban J connectivity index is 5.91. The quantitative estimate of drug-likeness (QED) is 0.0278. The summed E-state index contributed by atoms with van der Waals surface area (Å²) in [5.74, 6) is -6.84. The lowest BCUT2D eigenvalue weighted by Crippen LogP contribution is -2.43. The third-order valence-electron chi connectivity index (χ3n) is 6.15. The Morgan fingerprint density at radius 2 is 0.809 bits per heavy atom.